The number of halogens is 2. The highest BCUT2D eigenvalue weighted by molar-refractivity contribution is 14.1. The number of anilines is 1. The summed E-state index contributed by atoms with van der Waals surface area (Å²) in [6.45, 7) is 2.01. The van der Waals surface area contributed by atoms with E-state index in [-0.39, 0.29) is 6.04 Å². The fraction of sp³-hybridized carbons (Fsp3) is 0.308. The van der Waals surface area contributed by atoms with Gasteiger partial charge < -0.3 is 5.73 Å². The number of nitrogens with two attached hydrogens (primary N) is 1. The molecule has 1 unspecified atom stereocenters. The van der Waals surface area contributed by atoms with Gasteiger partial charge in [-0.2, -0.15) is 5.10 Å². The molecule has 1 atom stereocenters. The molecule has 0 aliphatic heterocycles. The van der Waals surface area contributed by atoms with Gasteiger partial charge in [-0.25, -0.2) is 4.68 Å². The second-order valence-corrected chi connectivity index (χ2v) is 6.62. The molecule has 0 spiro atoms. The van der Waals surface area contributed by atoms with Crippen LogP contribution in [0.2, 0.25) is 0 Å². The molecular formula is C13H13BrIN3. The zero-order valence-electron chi connectivity index (χ0n) is 9.95. The van der Waals surface area contributed by atoms with E-state index in [4.69, 9.17) is 5.73 Å². The molecule has 0 bridgehead atoms. The van der Waals surface area contributed by atoms with Crippen molar-refractivity contribution in [3.05, 3.63) is 43.1 Å². The van der Waals surface area contributed by atoms with Crippen LogP contribution < -0.4 is 5.73 Å². The highest BCUT2D eigenvalue weighted by atomic mass is 127. The van der Waals surface area contributed by atoms with Gasteiger partial charge in [0.15, 0.2) is 0 Å². The molecule has 3 nitrogen and oxygen atoms in total. The first-order valence-electron chi connectivity index (χ1n) is 5.86. The average molecular weight is 418 g/mol. The topological polar surface area (TPSA) is 43.8 Å². The average Bonchev–Trinajstić information content (AvgIpc) is 2.85. The minimum atomic E-state index is 0.287. The van der Waals surface area contributed by atoms with Crippen molar-refractivity contribution in [3.8, 4) is 0 Å². The Morgan fingerprint density at radius 3 is 2.94 bits per heavy atom. The van der Waals surface area contributed by atoms with Crippen LogP contribution in [0, 0.1) is 10.5 Å². The van der Waals surface area contributed by atoms with Crippen molar-refractivity contribution in [1.82, 2.24) is 9.78 Å². The minimum Gasteiger partial charge on any atom is -0.383 e. The maximum absolute atomic E-state index is 6.15. The normalized spacial score (nSPS) is 18.1. The van der Waals surface area contributed by atoms with Crippen LogP contribution in [0.25, 0.3) is 0 Å². The molecule has 1 aliphatic rings. The first kappa shape index (κ1) is 12.5. The minimum absolute atomic E-state index is 0.287. The van der Waals surface area contributed by atoms with Crippen molar-refractivity contribution >= 4 is 44.3 Å². The van der Waals surface area contributed by atoms with Crippen LogP contribution in [0.5, 0.6) is 0 Å². The quantitative estimate of drug-likeness (QED) is 0.719. The molecule has 0 radical (unpaired) electrons. The fourth-order valence-electron chi connectivity index (χ4n) is 2.60. The van der Waals surface area contributed by atoms with Gasteiger partial charge in [-0.15, -0.1) is 0 Å². The van der Waals surface area contributed by atoms with Gasteiger partial charge >= 0.3 is 0 Å². The molecule has 3 rings (SSSR count). The Morgan fingerprint density at radius 1 is 1.50 bits per heavy atom. The second kappa shape index (κ2) is 4.52. The van der Waals surface area contributed by atoms with Crippen LogP contribution in [-0.2, 0) is 6.42 Å². The summed E-state index contributed by atoms with van der Waals surface area (Å²) >= 11 is 5.79. The molecule has 94 valence electrons. The van der Waals surface area contributed by atoms with Gasteiger partial charge in [0, 0.05) is 4.47 Å². The lowest BCUT2D eigenvalue weighted by atomic mass is 10.1. The van der Waals surface area contributed by atoms with Crippen molar-refractivity contribution in [3.63, 3.8) is 0 Å². The van der Waals surface area contributed by atoms with Gasteiger partial charge in [0.2, 0.25) is 0 Å². The summed E-state index contributed by atoms with van der Waals surface area (Å²) in [4.78, 5) is 0. The van der Waals surface area contributed by atoms with E-state index in [1.54, 1.807) is 0 Å². The summed E-state index contributed by atoms with van der Waals surface area (Å²) in [6, 6.07) is 6.76. The molecule has 1 heterocycles. The van der Waals surface area contributed by atoms with Crippen LogP contribution in [0.1, 0.15) is 29.3 Å². The Balaban J connectivity index is 2.09. The van der Waals surface area contributed by atoms with Gasteiger partial charge in [-0.3, -0.25) is 0 Å². The Labute approximate surface area is 128 Å². The summed E-state index contributed by atoms with van der Waals surface area (Å²) in [5.41, 5.74) is 9.92. The zero-order valence-corrected chi connectivity index (χ0v) is 13.7. The van der Waals surface area contributed by atoms with E-state index < -0.39 is 0 Å². The molecule has 5 heteroatoms. The van der Waals surface area contributed by atoms with Crippen LogP contribution in [0.15, 0.2) is 22.7 Å². The van der Waals surface area contributed by atoms with Crippen LogP contribution in [-0.4, -0.2) is 9.78 Å². The molecule has 0 fully saturated rings. The van der Waals surface area contributed by atoms with Crippen molar-refractivity contribution in [2.45, 2.75) is 25.8 Å². The van der Waals surface area contributed by atoms with E-state index in [9.17, 15) is 0 Å². The number of fused-ring (bicyclic) bond motifs is 1. The molecule has 0 saturated carbocycles. The summed E-state index contributed by atoms with van der Waals surface area (Å²) in [5, 5.41) is 4.59. The highest BCUT2D eigenvalue weighted by Gasteiger charge is 2.27. The molecule has 1 aliphatic carbocycles. The SMILES string of the molecule is Cc1nn(C2CCc3cc(Br)ccc32)c(N)c1I. The van der Waals surface area contributed by atoms with Gasteiger partial charge in [-0.1, -0.05) is 22.0 Å². The lowest BCUT2D eigenvalue weighted by molar-refractivity contribution is 0.524. The number of benzene rings is 1. The van der Waals surface area contributed by atoms with Crippen molar-refractivity contribution in [1.29, 1.82) is 0 Å². The van der Waals surface area contributed by atoms with E-state index in [1.165, 1.54) is 11.1 Å². The van der Waals surface area contributed by atoms with E-state index in [2.05, 4.69) is 61.8 Å². The highest BCUT2D eigenvalue weighted by Crippen LogP contribution is 2.37. The van der Waals surface area contributed by atoms with Crippen molar-refractivity contribution in [2.75, 3.05) is 5.73 Å². The molecule has 2 aromatic rings. The molecule has 1 aromatic carbocycles. The molecule has 0 amide bonds. The predicted molar refractivity (Wildman–Crippen MR) is 84.7 cm³/mol. The predicted octanol–water partition coefficient (Wildman–Crippen LogP) is 3.68. The molecule has 0 saturated heterocycles. The summed E-state index contributed by atoms with van der Waals surface area (Å²) in [6.07, 6.45) is 2.17. The van der Waals surface area contributed by atoms with Crippen molar-refractivity contribution < 1.29 is 0 Å². The number of rotatable bonds is 1. The Bertz CT molecular complexity index is 621. The molecule has 2 N–H and O–H groups in total. The number of nitrogen functional groups attached to an aromatic ring is 1. The summed E-state index contributed by atoms with van der Waals surface area (Å²) < 4.78 is 4.19. The van der Waals surface area contributed by atoms with E-state index in [0.29, 0.717) is 0 Å². The number of hydrogen-bond donors (Lipinski definition) is 1. The second-order valence-electron chi connectivity index (χ2n) is 4.63. The number of hydrogen-bond acceptors (Lipinski definition) is 2. The lowest BCUT2D eigenvalue weighted by Crippen LogP contribution is -2.12. The number of aromatic nitrogens is 2. The molecule has 18 heavy (non-hydrogen) atoms. The van der Waals surface area contributed by atoms with Crippen LogP contribution in [0.3, 0.4) is 0 Å². The van der Waals surface area contributed by atoms with Gasteiger partial charge in [0.1, 0.15) is 5.82 Å². The maximum atomic E-state index is 6.15. The van der Waals surface area contributed by atoms with E-state index >= 15 is 0 Å². The Morgan fingerprint density at radius 2 is 2.28 bits per heavy atom. The van der Waals surface area contributed by atoms with Crippen LogP contribution >= 0.6 is 38.5 Å². The van der Waals surface area contributed by atoms with Crippen molar-refractivity contribution in [2.24, 2.45) is 0 Å². The molecular weight excluding hydrogens is 405 g/mol. The van der Waals surface area contributed by atoms with E-state index in [0.717, 1.165) is 32.4 Å². The maximum Gasteiger partial charge on any atom is 0.136 e. The van der Waals surface area contributed by atoms with E-state index in [1.807, 2.05) is 11.6 Å². The Kier molecular flexibility index (Phi) is 3.13. The van der Waals surface area contributed by atoms with Gasteiger partial charge in [-0.05, 0) is 65.6 Å². The Hall–Kier alpha value is -0.560. The lowest BCUT2D eigenvalue weighted by Gasteiger charge is -2.14. The first-order chi connectivity index (χ1) is 8.58. The first-order valence-corrected chi connectivity index (χ1v) is 7.73. The van der Waals surface area contributed by atoms with Gasteiger partial charge in [0.05, 0.1) is 15.3 Å². The largest absolute Gasteiger partial charge is 0.383 e. The fourth-order valence-corrected chi connectivity index (χ4v) is 3.36. The van der Waals surface area contributed by atoms with Gasteiger partial charge in [0.25, 0.3) is 0 Å². The standard InChI is InChI=1S/C13H13BrIN3/c1-7-12(15)13(16)18(17-7)11-5-2-8-6-9(14)3-4-10(8)11/h3-4,6,11H,2,5,16H2,1H3. The summed E-state index contributed by atoms with van der Waals surface area (Å²) in [5.74, 6) is 0.786. The zero-order chi connectivity index (χ0) is 12.9. The monoisotopic (exact) mass is 417 g/mol. The third kappa shape index (κ3) is 1.87. The molecule has 1 aromatic heterocycles. The third-order valence-electron chi connectivity index (χ3n) is 3.49. The summed E-state index contributed by atoms with van der Waals surface area (Å²) in [7, 11) is 0. The van der Waals surface area contributed by atoms with Crippen LogP contribution in [0.4, 0.5) is 5.82 Å². The smallest absolute Gasteiger partial charge is 0.136 e. The number of nitrogens with zero attached hydrogens (tertiary/aromatic N) is 2. The number of aryl methyl sites for hydroxylation is 2. The third-order valence-corrected chi connectivity index (χ3v) is 5.32.